The Morgan fingerprint density at radius 1 is 1.21 bits per heavy atom. The summed E-state index contributed by atoms with van der Waals surface area (Å²) in [5.41, 5.74) is 3.10. The SMILES string of the molecule is Cc1cc(-n2c(C)cc(C(=O)CSc3nnc(-c4cccnc4)o3)c2C)no1. The Morgan fingerprint density at radius 2 is 2.07 bits per heavy atom. The highest BCUT2D eigenvalue weighted by Gasteiger charge is 2.19. The summed E-state index contributed by atoms with van der Waals surface area (Å²) in [4.78, 5) is 16.8. The van der Waals surface area contributed by atoms with Crippen LogP contribution in [-0.4, -0.2) is 36.4 Å². The standard InChI is InChI=1S/C19H17N5O3S/c1-11-7-15(13(3)24(11)17-8-12(2)27-23-17)16(25)10-28-19-22-21-18(26-19)14-5-4-6-20-9-14/h4-9H,10H2,1-3H3. The highest BCUT2D eigenvalue weighted by atomic mass is 32.2. The van der Waals surface area contributed by atoms with E-state index in [4.69, 9.17) is 8.94 Å². The first-order valence-corrected chi connectivity index (χ1v) is 9.54. The summed E-state index contributed by atoms with van der Waals surface area (Å²) >= 11 is 1.21. The minimum atomic E-state index is -0.0225. The number of carbonyl (C=O) groups excluding carboxylic acids is 1. The van der Waals surface area contributed by atoms with Crippen molar-refractivity contribution in [2.75, 3.05) is 5.75 Å². The van der Waals surface area contributed by atoms with Crippen molar-refractivity contribution in [2.45, 2.75) is 26.0 Å². The summed E-state index contributed by atoms with van der Waals surface area (Å²) in [6, 6.07) is 7.32. The van der Waals surface area contributed by atoms with Crippen LogP contribution in [0.1, 0.15) is 27.5 Å². The van der Waals surface area contributed by atoms with Gasteiger partial charge in [0.15, 0.2) is 11.6 Å². The molecule has 0 aliphatic carbocycles. The Labute approximate surface area is 165 Å². The monoisotopic (exact) mass is 395 g/mol. The van der Waals surface area contributed by atoms with E-state index in [1.54, 1.807) is 18.5 Å². The lowest BCUT2D eigenvalue weighted by molar-refractivity contribution is 0.102. The third-order valence-electron chi connectivity index (χ3n) is 4.22. The number of pyridine rings is 1. The van der Waals surface area contributed by atoms with Crippen molar-refractivity contribution in [3.05, 3.63) is 59.4 Å². The molecule has 4 aromatic rings. The van der Waals surface area contributed by atoms with E-state index in [-0.39, 0.29) is 11.5 Å². The average Bonchev–Trinajstić information content (AvgIpc) is 3.40. The van der Waals surface area contributed by atoms with E-state index in [9.17, 15) is 4.79 Å². The summed E-state index contributed by atoms with van der Waals surface area (Å²) in [5.74, 6) is 1.92. The van der Waals surface area contributed by atoms with Gasteiger partial charge in [0, 0.05) is 35.4 Å². The van der Waals surface area contributed by atoms with Crippen molar-refractivity contribution in [3.63, 3.8) is 0 Å². The fourth-order valence-corrected chi connectivity index (χ4v) is 3.58. The number of nitrogens with zero attached hydrogens (tertiary/aromatic N) is 5. The van der Waals surface area contributed by atoms with E-state index >= 15 is 0 Å². The molecule has 4 rings (SSSR count). The molecule has 0 fully saturated rings. The zero-order chi connectivity index (χ0) is 19.7. The first kappa shape index (κ1) is 18.2. The molecule has 4 heterocycles. The highest BCUT2D eigenvalue weighted by Crippen LogP contribution is 2.25. The fourth-order valence-electron chi connectivity index (χ4n) is 2.94. The van der Waals surface area contributed by atoms with Gasteiger partial charge in [-0.3, -0.25) is 14.3 Å². The molecule has 0 unspecified atom stereocenters. The van der Waals surface area contributed by atoms with Crippen molar-refractivity contribution in [2.24, 2.45) is 0 Å². The van der Waals surface area contributed by atoms with Crippen LogP contribution < -0.4 is 0 Å². The predicted octanol–water partition coefficient (Wildman–Crippen LogP) is 3.81. The summed E-state index contributed by atoms with van der Waals surface area (Å²) in [5, 5.41) is 12.4. The Balaban J connectivity index is 1.48. The summed E-state index contributed by atoms with van der Waals surface area (Å²) in [6.07, 6.45) is 3.32. The number of hydrogen-bond donors (Lipinski definition) is 0. The van der Waals surface area contributed by atoms with Crippen LogP contribution in [0, 0.1) is 20.8 Å². The van der Waals surface area contributed by atoms with Crippen LogP contribution in [0.2, 0.25) is 0 Å². The van der Waals surface area contributed by atoms with Gasteiger partial charge in [-0.25, -0.2) is 0 Å². The molecule has 0 radical (unpaired) electrons. The quantitative estimate of drug-likeness (QED) is 0.359. The van der Waals surface area contributed by atoms with Crippen LogP contribution in [0.25, 0.3) is 17.3 Å². The van der Waals surface area contributed by atoms with Gasteiger partial charge in [-0.2, -0.15) is 0 Å². The first-order valence-electron chi connectivity index (χ1n) is 8.55. The largest absolute Gasteiger partial charge is 0.411 e. The van der Waals surface area contributed by atoms with Crippen LogP contribution in [-0.2, 0) is 0 Å². The lowest BCUT2D eigenvalue weighted by Crippen LogP contribution is -2.05. The summed E-state index contributed by atoms with van der Waals surface area (Å²) < 4.78 is 12.7. The van der Waals surface area contributed by atoms with E-state index < -0.39 is 0 Å². The van der Waals surface area contributed by atoms with Crippen molar-refractivity contribution in [1.29, 1.82) is 0 Å². The Bertz CT molecular complexity index is 1130. The van der Waals surface area contributed by atoms with Gasteiger partial charge in [0.1, 0.15) is 5.76 Å². The van der Waals surface area contributed by atoms with E-state index in [0.29, 0.717) is 28.3 Å². The third-order valence-corrected chi connectivity index (χ3v) is 5.04. The summed E-state index contributed by atoms with van der Waals surface area (Å²) in [7, 11) is 0. The first-order chi connectivity index (χ1) is 13.5. The number of aromatic nitrogens is 5. The van der Waals surface area contributed by atoms with Gasteiger partial charge in [-0.15, -0.1) is 10.2 Å². The molecular weight excluding hydrogens is 378 g/mol. The minimum absolute atomic E-state index is 0.0225. The van der Waals surface area contributed by atoms with Gasteiger partial charge in [-0.1, -0.05) is 16.9 Å². The Morgan fingerprint density at radius 3 is 2.79 bits per heavy atom. The molecule has 142 valence electrons. The van der Waals surface area contributed by atoms with Crippen LogP contribution in [0.5, 0.6) is 0 Å². The van der Waals surface area contributed by atoms with Gasteiger partial charge in [-0.05, 0) is 39.0 Å². The Kier molecular flexibility index (Phi) is 4.82. The van der Waals surface area contributed by atoms with Gasteiger partial charge in [0.2, 0.25) is 5.89 Å². The van der Waals surface area contributed by atoms with Gasteiger partial charge in [0.05, 0.1) is 11.3 Å². The second kappa shape index (κ2) is 7.43. The number of ketones is 1. The highest BCUT2D eigenvalue weighted by molar-refractivity contribution is 7.99. The number of carbonyl (C=O) groups is 1. The number of thioether (sulfide) groups is 1. The molecule has 0 atom stereocenters. The molecule has 0 amide bonds. The van der Waals surface area contributed by atoms with E-state index in [1.807, 2.05) is 43.5 Å². The molecule has 4 aromatic heterocycles. The maximum absolute atomic E-state index is 12.7. The van der Waals surface area contributed by atoms with Crippen LogP contribution in [0.15, 0.2) is 50.8 Å². The molecule has 0 aromatic carbocycles. The molecule has 0 aliphatic rings. The van der Waals surface area contributed by atoms with Crippen LogP contribution in [0.3, 0.4) is 0 Å². The van der Waals surface area contributed by atoms with E-state index in [1.165, 1.54) is 11.8 Å². The molecule has 9 heteroatoms. The second-order valence-corrected chi connectivity index (χ2v) is 7.17. The lowest BCUT2D eigenvalue weighted by atomic mass is 10.2. The third kappa shape index (κ3) is 3.48. The van der Waals surface area contributed by atoms with Crippen LogP contribution >= 0.6 is 11.8 Å². The second-order valence-electron chi connectivity index (χ2n) is 6.24. The molecule has 28 heavy (non-hydrogen) atoms. The van der Waals surface area contributed by atoms with E-state index in [2.05, 4.69) is 20.3 Å². The van der Waals surface area contributed by atoms with Crippen molar-refractivity contribution < 1.29 is 13.7 Å². The minimum Gasteiger partial charge on any atom is -0.411 e. The van der Waals surface area contributed by atoms with Crippen LogP contribution in [0.4, 0.5) is 0 Å². The maximum atomic E-state index is 12.7. The fraction of sp³-hybridized carbons (Fsp3) is 0.211. The molecule has 0 bridgehead atoms. The number of hydrogen-bond acceptors (Lipinski definition) is 8. The molecule has 0 N–H and O–H groups in total. The number of rotatable bonds is 6. The number of aryl methyl sites for hydroxylation is 2. The van der Waals surface area contributed by atoms with Gasteiger partial charge >= 0.3 is 0 Å². The van der Waals surface area contributed by atoms with Gasteiger partial charge < -0.3 is 8.94 Å². The van der Waals surface area contributed by atoms with Crippen molar-refractivity contribution >= 4 is 17.5 Å². The Hall–Kier alpha value is -3.20. The zero-order valence-electron chi connectivity index (χ0n) is 15.5. The van der Waals surface area contributed by atoms with Gasteiger partial charge in [0.25, 0.3) is 5.22 Å². The smallest absolute Gasteiger partial charge is 0.277 e. The zero-order valence-corrected chi connectivity index (χ0v) is 16.4. The molecule has 0 spiro atoms. The lowest BCUT2D eigenvalue weighted by Gasteiger charge is -2.04. The average molecular weight is 395 g/mol. The molecular formula is C19H17N5O3S. The van der Waals surface area contributed by atoms with Crippen molar-refractivity contribution in [1.82, 2.24) is 24.9 Å². The number of Topliss-reactive ketones (excluding diaryl/α,β-unsaturated/α-hetero) is 1. The molecule has 8 nitrogen and oxygen atoms in total. The normalized spacial score (nSPS) is 11.1. The topological polar surface area (TPSA) is 99.8 Å². The molecule has 0 saturated heterocycles. The summed E-state index contributed by atoms with van der Waals surface area (Å²) in [6.45, 7) is 5.65. The molecule has 0 aliphatic heterocycles. The van der Waals surface area contributed by atoms with Crippen molar-refractivity contribution in [3.8, 4) is 17.3 Å². The maximum Gasteiger partial charge on any atom is 0.277 e. The molecule has 0 saturated carbocycles. The predicted molar refractivity (Wildman–Crippen MR) is 103 cm³/mol. The van der Waals surface area contributed by atoms with E-state index in [0.717, 1.165) is 17.0 Å².